The van der Waals surface area contributed by atoms with Crippen molar-refractivity contribution in [2.24, 2.45) is 11.8 Å². The highest BCUT2D eigenvalue weighted by molar-refractivity contribution is 8.01. The third-order valence-corrected chi connectivity index (χ3v) is 9.61. The number of anilines is 1. The van der Waals surface area contributed by atoms with Crippen molar-refractivity contribution in [1.82, 2.24) is 14.5 Å². The summed E-state index contributed by atoms with van der Waals surface area (Å²) in [5, 5.41) is 12.0. The lowest BCUT2D eigenvalue weighted by atomic mass is 9.99. The fraction of sp³-hybridized carbons (Fsp3) is 0.526. The molecule has 170 valence electrons. The van der Waals surface area contributed by atoms with Gasteiger partial charge in [-0.1, -0.05) is 66.2 Å². The van der Waals surface area contributed by atoms with Crippen molar-refractivity contribution in [2.75, 3.05) is 24.2 Å². The molecule has 1 N–H and O–H groups in total. The molecule has 1 aliphatic rings. The van der Waals surface area contributed by atoms with Gasteiger partial charge in [-0.05, 0) is 36.5 Å². The average Bonchev–Trinajstić information content (AvgIpc) is 3.16. The maximum Gasteiger partial charge on any atom is 0.230 e. The number of benzene rings is 1. The van der Waals surface area contributed by atoms with Crippen LogP contribution in [0.25, 0.3) is 0 Å². The normalized spacial score (nSPS) is 17.8. The molecule has 1 saturated heterocycles. The Labute approximate surface area is 201 Å². The van der Waals surface area contributed by atoms with E-state index < -0.39 is 15.9 Å². The quantitative estimate of drug-likeness (QED) is 0.396. The van der Waals surface area contributed by atoms with Crippen molar-refractivity contribution >= 4 is 67.4 Å². The van der Waals surface area contributed by atoms with Crippen molar-refractivity contribution in [3.05, 3.63) is 33.8 Å². The molecule has 7 nitrogen and oxygen atoms in total. The van der Waals surface area contributed by atoms with Gasteiger partial charge in [0.25, 0.3) is 0 Å². The molecule has 0 unspecified atom stereocenters. The molecule has 1 aromatic heterocycles. The predicted molar refractivity (Wildman–Crippen MR) is 127 cm³/mol. The number of carbonyl (C=O) groups excluding carboxylic acids is 1. The van der Waals surface area contributed by atoms with E-state index in [4.69, 9.17) is 23.2 Å². The van der Waals surface area contributed by atoms with Gasteiger partial charge in [0.15, 0.2) is 4.34 Å². The third-order valence-electron chi connectivity index (χ3n) is 4.66. The van der Waals surface area contributed by atoms with Gasteiger partial charge in [0.2, 0.25) is 21.1 Å². The van der Waals surface area contributed by atoms with Gasteiger partial charge in [0, 0.05) is 18.8 Å². The Morgan fingerprint density at radius 2 is 2.10 bits per heavy atom. The molecule has 0 radical (unpaired) electrons. The van der Waals surface area contributed by atoms with Crippen LogP contribution in [0.3, 0.4) is 0 Å². The standard InChI is InChI=1S/C19H24Cl2N4O3S3/c1-12(2)10-29-19-24-23-18(30-19)22-17(26)14-4-3-7-25(9-14)31(27,28)11-13-5-6-15(20)16(21)8-13/h5-6,8,12,14H,3-4,7,9-11H2,1-2H3,(H,22,23,26)/t14-/m1/s1. The second-order valence-electron chi connectivity index (χ2n) is 7.77. The van der Waals surface area contributed by atoms with Gasteiger partial charge in [0.1, 0.15) is 0 Å². The number of rotatable bonds is 8. The summed E-state index contributed by atoms with van der Waals surface area (Å²) >= 11 is 14.8. The van der Waals surface area contributed by atoms with E-state index in [1.54, 1.807) is 30.0 Å². The number of hydrogen-bond donors (Lipinski definition) is 1. The Balaban J connectivity index is 1.60. The maximum atomic E-state index is 12.9. The Morgan fingerprint density at radius 1 is 1.32 bits per heavy atom. The number of nitrogens with zero attached hydrogens (tertiary/aromatic N) is 3. The van der Waals surface area contributed by atoms with E-state index in [1.807, 2.05) is 0 Å². The van der Waals surface area contributed by atoms with Crippen LogP contribution >= 0.6 is 46.3 Å². The van der Waals surface area contributed by atoms with Gasteiger partial charge in [-0.15, -0.1) is 10.2 Å². The molecule has 1 aromatic carbocycles. The number of nitrogens with one attached hydrogen (secondary N) is 1. The zero-order valence-corrected chi connectivity index (χ0v) is 21.1. The topological polar surface area (TPSA) is 92.3 Å². The molecule has 1 aliphatic heterocycles. The minimum atomic E-state index is -3.59. The molecule has 3 rings (SSSR count). The summed E-state index contributed by atoms with van der Waals surface area (Å²) < 4.78 is 28.0. The molecule has 1 amide bonds. The van der Waals surface area contributed by atoms with Crippen LogP contribution in [-0.2, 0) is 20.6 Å². The van der Waals surface area contributed by atoms with E-state index in [9.17, 15) is 13.2 Å². The van der Waals surface area contributed by atoms with Gasteiger partial charge in [0.05, 0.1) is 21.7 Å². The number of aromatic nitrogens is 2. The molecule has 1 atom stereocenters. The van der Waals surface area contributed by atoms with Crippen LogP contribution in [0.1, 0.15) is 32.3 Å². The monoisotopic (exact) mass is 522 g/mol. The molecule has 0 spiro atoms. The molecule has 2 aromatic rings. The van der Waals surface area contributed by atoms with Gasteiger partial charge in [-0.25, -0.2) is 12.7 Å². The first-order chi connectivity index (χ1) is 14.6. The van der Waals surface area contributed by atoms with Crippen molar-refractivity contribution in [2.45, 2.75) is 36.8 Å². The summed E-state index contributed by atoms with van der Waals surface area (Å²) in [4.78, 5) is 12.7. The molecule has 12 heteroatoms. The number of piperidine rings is 1. The smallest absolute Gasteiger partial charge is 0.230 e. The number of halogens is 2. The van der Waals surface area contributed by atoms with Gasteiger partial charge >= 0.3 is 0 Å². The highest BCUT2D eigenvalue weighted by Crippen LogP contribution is 2.29. The zero-order valence-electron chi connectivity index (χ0n) is 17.2. The van der Waals surface area contributed by atoms with Crippen molar-refractivity contribution in [3.63, 3.8) is 0 Å². The minimum Gasteiger partial charge on any atom is -0.300 e. The number of sulfonamides is 1. The van der Waals surface area contributed by atoms with Gasteiger partial charge in [-0.2, -0.15) is 0 Å². The summed E-state index contributed by atoms with van der Waals surface area (Å²) in [5.41, 5.74) is 0.557. The van der Waals surface area contributed by atoms with E-state index in [0.717, 1.165) is 10.1 Å². The molecular weight excluding hydrogens is 499 g/mol. The Kier molecular flexibility index (Phi) is 8.62. The van der Waals surface area contributed by atoms with Crippen molar-refractivity contribution < 1.29 is 13.2 Å². The van der Waals surface area contributed by atoms with Crippen LogP contribution in [0.15, 0.2) is 22.5 Å². The number of carbonyl (C=O) groups is 1. The van der Waals surface area contributed by atoms with Crippen molar-refractivity contribution in [3.8, 4) is 0 Å². The van der Waals surface area contributed by atoms with Crippen LogP contribution in [-0.4, -0.2) is 47.7 Å². The Bertz CT molecular complexity index is 1030. The van der Waals surface area contributed by atoms with Crippen LogP contribution in [0, 0.1) is 11.8 Å². The molecule has 0 aliphatic carbocycles. The minimum absolute atomic E-state index is 0.142. The number of hydrogen-bond acceptors (Lipinski definition) is 7. The lowest BCUT2D eigenvalue weighted by Gasteiger charge is -2.31. The first-order valence-electron chi connectivity index (χ1n) is 9.83. The fourth-order valence-electron chi connectivity index (χ4n) is 3.10. The van der Waals surface area contributed by atoms with Crippen LogP contribution in [0.4, 0.5) is 5.13 Å². The zero-order chi connectivity index (χ0) is 22.6. The summed E-state index contributed by atoms with van der Waals surface area (Å²) in [5.74, 6) is 0.604. The summed E-state index contributed by atoms with van der Waals surface area (Å²) in [6.07, 6.45) is 1.24. The van der Waals surface area contributed by atoms with Crippen molar-refractivity contribution in [1.29, 1.82) is 0 Å². The Hall–Kier alpha value is -0.910. The van der Waals surface area contributed by atoms with E-state index >= 15 is 0 Å². The van der Waals surface area contributed by atoms with Gasteiger partial charge in [-0.3, -0.25) is 4.79 Å². The lowest BCUT2D eigenvalue weighted by molar-refractivity contribution is -0.120. The van der Waals surface area contributed by atoms with E-state index in [-0.39, 0.29) is 18.2 Å². The molecule has 2 heterocycles. The second-order valence-corrected chi connectivity index (χ2v) is 12.8. The molecule has 0 saturated carbocycles. The fourth-order valence-corrected chi connectivity index (χ4v) is 6.75. The highest BCUT2D eigenvalue weighted by atomic mass is 35.5. The molecular formula is C19H24Cl2N4O3S3. The molecule has 1 fully saturated rings. The van der Waals surface area contributed by atoms with Crippen LogP contribution < -0.4 is 5.32 Å². The number of amides is 1. The van der Waals surface area contributed by atoms with E-state index in [1.165, 1.54) is 15.6 Å². The molecule has 31 heavy (non-hydrogen) atoms. The maximum absolute atomic E-state index is 12.9. The summed E-state index contributed by atoms with van der Waals surface area (Å²) in [7, 11) is -3.59. The lowest BCUT2D eigenvalue weighted by Crippen LogP contribution is -2.44. The van der Waals surface area contributed by atoms with Crippen LogP contribution in [0.2, 0.25) is 10.0 Å². The first kappa shape index (κ1) is 24.7. The first-order valence-corrected chi connectivity index (χ1v) is 14.0. The average molecular weight is 524 g/mol. The predicted octanol–water partition coefficient (Wildman–Crippen LogP) is 4.77. The molecule has 0 bridgehead atoms. The van der Waals surface area contributed by atoms with E-state index in [2.05, 4.69) is 29.4 Å². The van der Waals surface area contributed by atoms with Crippen LogP contribution in [0.5, 0.6) is 0 Å². The second kappa shape index (κ2) is 10.8. The Morgan fingerprint density at radius 3 is 2.81 bits per heavy atom. The highest BCUT2D eigenvalue weighted by Gasteiger charge is 2.33. The SMILES string of the molecule is CC(C)CSc1nnc(NC(=O)[C@@H]2CCCN(S(=O)(=O)Cc3ccc(Cl)c(Cl)c3)C2)s1. The van der Waals surface area contributed by atoms with E-state index in [0.29, 0.717) is 46.0 Å². The summed E-state index contributed by atoms with van der Waals surface area (Å²) in [6.45, 7) is 4.79. The van der Waals surface area contributed by atoms with Gasteiger partial charge < -0.3 is 5.32 Å². The largest absolute Gasteiger partial charge is 0.300 e. The third kappa shape index (κ3) is 7.03. The number of thioether (sulfide) groups is 1. The summed E-state index contributed by atoms with van der Waals surface area (Å²) in [6, 6.07) is 4.78.